The summed E-state index contributed by atoms with van der Waals surface area (Å²) in [7, 11) is 0. The van der Waals surface area contributed by atoms with E-state index in [-0.39, 0.29) is 6.61 Å². The summed E-state index contributed by atoms with van der Waals surface area (Å²) >= 11 is 6.55. The van der Waals surface area contributed by atoms with E-state index in [1.165, 1.54) is 6.07 Å². The minimum absolute atomic E-state index is 0.267. The Kier molecular flexibility index (Phi) is 5.44. The quantitative estimate of drug-likeness (QED) is 0.853. The highest BCUT2D eigenvalue weighted by Crippen LogP contribution is 2.42. The number of nitriles is 1. The Bertz CT molecular complexity index is 512. The molecule has 0 aliphatic heterocycles. The second-order valence-corrected chi connectivity index (χ2v) is 4.77. The van der Waals surface area contributed by atoms with E-state index in [1.807, 2.05) is 6.07 Å². The Morgan fingerprint density at radius 1 is 1.44 bits per heavy atom. The van der Waals surface area contributed by atoms with Crippen LogP contribution >= 0.6 is 31.9 Å². The lowest BCUT2D eigenvalue weighted by molar-refractivity contribution is -0.119. The number of hydrogen-bond acceptors (Lipinski definition) is 4. The number of hydrogen-bond donors (Lipinski definition) is 1. The minimum atomic E-state index is -0.593. The summed E-state index contributed by atoms with van der Waals surface area (Å²) in [5.74, 6) is 0.122. The predicted molar refractivity (Wildman–Crippen MR) is 72.4 cm³/mol. The van der Waals surface area contributed by atoms with Crippen LogP contribution in [-0.2, 0) is 4.79 Å². The van der Waals surface area contributed by atoms with Crippen LogP contribution in [0.4, 0.5) is 0 Å². The third kappa shape index (κ3) is 3.37. The first-order valence-corrected chi connectivity index (χ1v) is 6.55. The molecule has 5 nitrogen and oxygen atoms in total. The Balaban J connectivity index is 3.24. The molecule has 0 radical (unpaired) electrons. The molecule has 1 rings (SSSR count). The van der Waals surface area contributed by atoms with Crippen LogP contribution < -0.4 is 15.2 Å². The Morgan fingerprint density at radius 2 is 2.11 bits per heavy atom. The van der Waals surface area contributed by atoms with E-state index in [2.05, 4.69) is 31.9 Å². The fourth-order valence-corrected chi connectivity index (χ4v) is 2.11. The van der Waals surface area contributed by atoms with Gasteiger partial charge < -0.3 is 15.2 Å². The number of nitrogens with two attached hydrogens (primary N) is 1. The lowest BCUT2D eigenvalue weighted by atomic mass is 10.2. The largest absolute Gasteiger partial charge is 0.490 e. The van der Waals surface area contributed by atoms with Crippen LogP contribution in [0.15, 0.2) is 15.0 Å². The molecule has 0 saturated heterocycles. The normalized spacial score (nSPS) is 9.67. The van der Waals surface area contributed by atoms with Crippen LogP contribution in [0, 0.1) is 11.3 Å². The van der Waals surface area contributed by atoms with Gasteiger partial charge in [-0.25, -0.2) is 0 Å². The van der Waals surface area contributed by atoms with Gasteiger partial charge in [-0.2, -0.15) is 5.26 Å². The molecule has 0 aromatic heterocycles. The van der Waals surface area contributed by atoms with Crippen molar-refractivity contribution in [2.75, 3.05) is 13.2 Å². The second-order valence-electron chi connectivity index (χ2n) is 3.18. The molecular weight excluding hydrogens is 368 g/mol. The number of halogens is 2. The monoisotopic (exact) mass is 376 g/mol. The fourth-order valence-electron chi connectivity index (χ4n) is 1.21. The molecule has 0 atom stereocenters. The van der Waals surface area contributed by atoms with Crippen molar-refractivity contribution >= 4 is 37.8 Å². The summed E-state index contributed by atoms with van der Waals surface area (Å²) in [4.78, 5) is 10.7. The molecular formula is C11H10Br2N2O3. The average molecular weight is 378 g/mol. The Labute approximate surface area is 121 Å². The first-order valence-electron chi connectivity index (χ1n) is 4.97. The zero-order chi connectivity index (χ0) is 13.7. The van der Waals surface area contributed by atoms with E-state index in [0.29, 0.717) is 32.6 Å². The predicted octanol–water partition coefficient (Wildman–Crippen LogP) is 2.35. The molecule has 2 N–H and O–H groups in total. The van der Waals surface area contributed by atoms with E-state index < -0.39 is 5.91 Å². The molecule has 96 valence electrons. The maximum atomic E-state index is 10.7. The molecule has 0 heterocycles. The summed E-state index contributed by atoms with van der Waals surface area (Å²) < 4.78 is 11.7. The number of carbonyl (C=O) groups excluding carboxylic acids is 1. The Morgan fingerprint density at radius 3 is 2.61 bits per heavy atom. The standard InChI is InChI=1S/C11H10Br2N2O3/c1-2-17-7-3-6(4-14)9(12)10(13)11(7)18-5-8(15)16/h3H,2,5H2,1H3,(H2,15,16). The summed E-state index contributed by atoms with van der Waals surface area (Å²) in [6.45, 7) is 1.95. The van der Waals surface area contributed by atoms with Crippen molar-refractivity contribution in [2.45, 2.75) is 6.92 Å². The van der Waals surface area contributed by atoms with Gasteiger partial charge in [0.25, 0.3) is 5.91 Å². The van der Waals surface area contributed by atoms with Crippen molar-refractivity contribution in [2.24, 2.45) is 5.73 Å². The number of nitrogens with zero attached hydrogens (tertiary/aromatic N) is 1. The number of carbonyl (C=O) groups is 1. The smallest absolute Gasteiger partial charge is 0.255 e. The molecule has 0 fully saturated rings. The molecule has 0 bridgehead atoms. The van der Waals surface area contributed by atoms with Crippen LogP contribution in [-0.4, -0.2) is 19.1 Å². The number of benzene rings is 1. The van der Waals surface area contributed by atoms with Crippen LogP contribution in [0.25, 0.3) is 0 Å². The van der Waals surface area contributed by atoms with E-state index in [0.717, 1.165) is 0 Å². The number of amides is 1. The van der Waals surface area contributed by atoms with Crippen LogP contribution in [0.2, 0.25) is 0 Å². The lowest BCUT2D eigenvalue weighted by Gasteiger charge is -2.14. The first-order chi connectivity index (χ1) is 8.51. The average Bonchev–Trinajstić information content (AvgIpc) is 2.33. The van der Waals surface area contributed by atoms with Gasteiger partial charge in [-0.3, -0.25) is 4.79 Å². The number of primary amides is 1. The van der Waals surface area contributed by atoms with Gasteiger partial charge in [0.1, 0.15) is 6.07 Å². The molecule has 18 heavy (non-hydrogen) atoms. The minimum Gasteiger partial charge on any atom is -0.490 e. The van der Waals surface area contributed by atoms with E-state index in [1.54, 1.807) is 6.92 Å². The number of rotatable bonds is 5. The van der Waals surface area contributed by atoms with Crippen molar-refractivity contribution in [3.8, 4) is 17.6 Å². The maximum absolute atomic E-state index is 10.7. The molecule has 0 spiro atoms. The molecule has 0 saturated carbocycles. The van der Waals surface area contributed by atoms with Crippen molar-refractivity contribution in [3.05, 3.63) is 20.6 Å². The van der Waals surface area contributed by atoms with Gasteiger partial charge in [0.15, 0.2) is 18.1 Å². The number of ether oxygens (including phenoxy) is 2. The van der Waals surface area contributed by atoms with E-state index in [4.69, 9.17) is 20.5 Å². The van der Waals surface area contributed by atoms with Gasteiger partial charge in [-0.1, -0.05) is 0 Å². The zero-order valence-electron chi connectivity index (χ0n) is 9.50. The molecule has 1 amide bonds. The van der Waals surface area contributed by atoms with Gasteiger partial charge in [0.05, 0.1) is 21.1 Å². The molecule has 0 unspecified atom stereocenters. The van der Waals surface area contributed by atoms with Crippen molar-refractivity contribution in [3.63, 3.8) is 0 Å². The molecule has 7 heteroatoms. The lowest BCUT2D eigenvalue weighted by Crippen LogP contribution is -2.20. The highest BCUT2D eigenvalue weighted by atomic mass is 79.9. The van der Waals surface area contributed by atoms with Gasteiger partial charge >= 0.3 is 0 Å². The van der Waals surface area contributed by atoms with Crippen LogP contribution in [0.5, 0.6) is 11.5 Å². The zero-order valence-corrected chi connectivity index (χ0v) is 12.7. The first kappa shape index (κ1) is 14.8. The van der Waals surface area contributed by atoms with Gasteiger partial charge in [-0.05, 0) is 38.8 Å². The maximum Gasteiger partial charge on any atom is 0.255 e. The van der Waals surface area contributed by atoms with Crippen molar-refractivity contribution in [1.29, 1.82) is 5.26 Å². The van der Waals surface area contributed by atoms with Gasteiger partial charge in [0, 0.05) is 6.07 Å². The second kappa shape index (κ2) is 6.61. The van der Waals surface area contributed by atoms with Crippen LogP contribution in [0.3, 0.4) is 0 Å². The molecule has 0 aliphatic rings. The SMILES string of the molecule is CCOc1cc(C#N)c(Br)c(Br)c1OCC(N)=O. The topological polar surface area (TPSA) is 85.3 Å². The van der Waals surface area contributed by atoms with Crippen LogP contribution in [0.1, 0.15) is 12.5 Å². The summed E-state index contributed by atoms with van der Waals surface area (Å²) in [6, 6.07) is 3.56. The summed E-state index contributed by atoms with van der Waals surface area (Å²) in [6.07, 6.45) is 0. The molecule has 0 aliphatic carbocycles. The highest BCUT2D eigenvalue weighted by molar-refractivity contribution is 9.13. The summed E-state index contributed by atoms with van der Waals surface area (Å²) in [5, 5.41) is 8.97. The third-order valence-corrected chi connectivity index (χ3v) is 4.02. The third-order valence-electron chi connectivity index (χ3n) is 1.91. The van der Waals surface area contributed by atoms with Gasteiger partial charge in [-0.15, -0.1) is 0 Å². The van der Waals surface area contributed by atoms with E-state index >= 15 is 0 Å². The van der Waals surface area contributed by atoms with E-state index in [9.17, 15) is 4.79 Å². The summed E-state index contributed by atoms with van der Waals surface area (Å²) in [5.41, 5.74) is 5.42. The van der Waals surface area contributed by atoms with Crippen molar-refractivity contribution < 1.29 is 14.3 Å². The van der Waals surface area contributed by atoms with Gasteiger partial charge in [0.2, 0.25) is 0 Å². The molecule has 1 aromatic rings. The van der Waals surface area contributed by atoms with Crippen molar-refractivity contribution in [1.82, 2.24) is 0 Å². The molecule has 1 aromatic carbocycles. The highest BCUT2D eigenvalue weighted by Gasteiger charge is 2.17. The Hall–Kier alpha value is -1.26. The fraction of sp³-hybridized carbons (Fsp3) is 0.273.